The van der Waals surface area contributed by atoms with Gasteiger partial charge in [-0.25, -0.2) is 9.97 Å². The van der Waals surface area contributed by atoms with Gasteiger partial charge in [0.15, 0.2) is 5.16 Å². The van der Waals surface area contributed by atoms with E-state index in [2.05, 4.69) is 50.3 Å². The van der Waals surface area contributed by atoms with Gasteiger partial charge in [-0.15, -0.1) is 0 Å². The summed E-state index contributed by atoms with van der Waals surface area (Å²) in [6.07, 6.45) is 1.98. The van der Waals surface area contributed by atoms with E-state index >= 15 is 0 Å². The maximum Gasteiger partial charge on any atom is 0.190 e. The molecule has 0 fully saturated rings. The standard InChI is InChI=1S/C13H14BrN3S2/c1-3-15-11-8-12(17-13(16-11)18-2)19-10-6-4-5-9(14)7-10/h4-8H,3H2,1-2H3,(H,15,16,17). The lowest BCUT2D eigenvalue weighted by atomic mass is 10.4. The molecular formula is C13H14BrN3S2. The van der Waals surface area contributed by atoms with E-state index in [0.29, 0.717) is 0 Å². The minimum absolute atomic E-state index is 0.788. The average Bonchev–Trinajstić information content (AvgIpc) is 2.39. The fraction of sp³-hybridized carbons (Fsp3) is 0.231. The first-order chi connectivity index (χ1) is 9.21. The summed E-state index contributed by atoms with van der Waals surface area (Å²) < 4.78 is 1.07. The molecular weight excluding hydrogens is 342 g/mol. The van der Waals surface area contributed by atoms with Crippen LogP contribution in [0.5, 0.6) is 0 Å². The molecule has 0 unspecified atom stereocenters. The number of hydrogen-bond acceptors (Lipinski definition) is 5. The number of anilines is 1. The summed E-state index contributed by atoms with van der Waals surface area (Å²) in [6, 6.07) is 10.2. The van der Waals surface area contributed by atoms with Gasteiger partial charge in [-0.3, -0.25) is 0 Å². The number of nitrogens with zero attached hydrogens (tertiary/aromatic N) is 2. The van der Waals surface area contributed by atoms with Gasteiger partial charge in [-0.1, -0.05) is 45.5 Å². The summed E-state index contributed by atoms with van der Waals surface area (Å²) in [5, 5.41) is 4.97. The first kappa shape index (κ1) is 14.7. The van der Waals surface area contributed by atoms with Crippen LogP contribution in [0.25, 0.3) is 0 Å². The topological polar surface area (TPSA) is 37.8 Å². The lowest BCUT2D eigenvalue weighted by Gasteiger charge is -2.07. The molecule has 3 nitrogen and oxygen atoms in total. The molecule has 0 aliphatic heterocycles. The van der Waals surface area contributed by atoms with Crippen molar-refractivity contribution in [3.63, 3.8) is 0 Å². The molecule has 2 rings (SSSR count). The van der Waals surface area contributed by atoms with Crippen LogP contribution in [-0.4, -0.2) is 22.8 Å². The lowest BCUT2D eigenvalue weighted by Crippen LogP contribution is -2.01. The molecule has 0 radical (unpaired) electrons. The quantitative estimate of drug-likeness (QED) is 0.484. The van der Waals surface area contributed by atoms with E-state index in [9.17, 15) is 0 Å². The highest BCUT2D eigenvalue weighted by molar-refractivity contribution is 9.10. The number of rotatable bonds is 5. The Hall–Kier alpha value is -0.720. The summed E-state index contributed by atoms with van der Waals surface area (Å²) in [5.74, 6) is 0.874. The highest BCUT2D eigenvalue weighted by Crippen LogP contribution is 2.30. The Bertz CT molecular complexity index is 563. The number of thioether (sulfide) groups is 1. The predicted octanol–water partition coefficient (Wildman–Crippen LogP) is 4.54. The van der Waals surface area contributed by atoms with Crippen molar-refractivity contribution < 1.29 is 0 Å². The second-order valence-electron chi connectivity index (χ2n) is 3.67. The molecule has 6 heteroatoms. The van der Waals surface area contributed by atoms with Gasteiger partial charge in [0.25, 0.3) is 0 Å². The predicted molar refractivity (Wildman–Crippen MR) is 86.2 cm³/mol. The Kier molecular flexibility index (Phi) is 5.54. The van der Waals surface area contributed by atoms with E-state index in [1.54, 1.807) is 23.5 Å². The number of benzene rings is 1. The maximum absolute atomic E-state index is 4.52. The zero-order chi connectivity index (χ0) is 13.7. The molecule has 100 valence electrons. The van der Waals surface area contributed by atoms with Crippen molar-refractivity contribution >= 4 is 45.3 Å². The molecule has 1 heterocycles. The average molecular weight is 356 g/mol. The fourth-order valence-electron chi connectivity index (χ4n) is 1.47. The van der Waals surface area contributed by atoms with Crippen molar-refractivity contribution in [2.75, 3.05) is 18.1 Å². The monoisotopic (exact) mass is 355 g/mol. The van der Waals surface area contributed by atoms with E-state index in [1.807, 2.05) is 24.5 Å². The van der Waals surface area contributed by atoms with Crippen LogP contribution in [0.2, 0.25) is 0 Å². The van der Waals surface area contributed by atoms with Gasteiger partial charge in [0, 0.05) is 22.0 Å². The zero-order valence-electron chi connectivity index (χ0n) is 10.7. The van der Waals surface area contributed by atoms with Crippen LogP contribution in [0, 0.1) is 0 Å². The van der Waals surface area contributed by atoms with E-state index in [-0.39, 0.29) is 0 Å². The van der Waals surface area contributed by atoms with Gasteiger partial charge >= 0.3 is 0 Å². The van der Waals surface area contributed by atoms with E-state index in [1.165, 1.54) is 0 Å². The molecule has 0 bridgehead atoms. The van der Waals surface area contributed by atoms with Gasteiger partial charge in [-0.2, -0.15) is 0 Å². The van der Waals surface area contributed by atoms with E-state index in [0.717, 1.165) is 31.9 Å². The largest absolute Gasteiger partial charge is 0.370 e. The number of hydrogen-bond donors (Lipinski definition) is 1. The highest BCUT2D eigenvalue weighted by atomic mass is 79.9. The summed E-state index contributed by atoms with van der Waals surface area (Å²) in [4.78, 5) is 10.1. The van der Waals surface area contributed by atoms with E-state index in [4.69, 9.17) is 0 Å². The SMILES string of the molecule is CCNc1cc(Sc2cccc(Br)c2)nc(SC)n1. The van der Waals surface area contributed by atoms with Crippen LogP contribution in [0.1, 0.15) is 6.92 Å². The smallest absolute Gasteiger partial charge is 0.190 e. The molecule has 1 aromatic heterocycles. The van der Waals surface area contributed by atoms with Gasteiger partial charge in [0.05, 0.1) is 0 Å². The Labute approximate surface area is 130 Å². The molecule has 0 amide bonds. The third-order valence-electron chi connectivity index (χ3n) is 2.24. The van der Waals surface area contributed by atoms with Gasteiger partial charge in [0.2, 0.25) is 0 Å². The minimum Gasteiger partial charge on any atom is -0.370 e. The van der Waals surface area contributed by atoms with Crippen molar-refractivity contribution in [1.29, 1.82) is 0 Å². The second-order valence-corrected chi connectivity index (χ2v) is 6.45. The van der Waals surface area contributed by atoms with Crippen LogP contribution >= 0.6 is 39.5 Å². The zero-order valence-corrected chi connectivity index (χ0v) is 13.9. The molecule has 0 atom stereocenters. The van der Waals surface area contributed by atoms with Gasteiger partial charge in [0.1, 0.15) is 10.8 Å². The normalized spacial score (nSPS) is 10.5. The first-order valence-corrected chi connectivity index (χ1v) is 8.65. The second kappa shape index (κ2) is 7.17. The van der Waals surface area contributed by atoms with Crippen LogP contribution in [0.4, 0.5) is 5.82 Å². The van der Waals surface area contributed by atoms with Crippen LogP contribution in [0.15, 0.2) is 49.9 Å². The van der Waals surface area contributed by atoms with Crippen molar-refractivity contribution in [2.45, 2.75) is 22.0 Å². The number of halogens is 1. The van der Waals surface area contributed by atoms with Crippen molar-refractivity contribution in [3.05, 3.63) is 34.8 Å². The molecule has 1 N–H and O–H groups in total. The van der Waals surface area contributed by atoms with Crippen LogP contribution in [-0.2, 0) is 0 Å². The minimum atomic E-state index is 0.788. The molecule has 19 heavy (non-hydrogen) atoms. The summed E-state index contributed by atoms with van der Waals surface area (Å²) in [7, 11) is 0. The van der Waals surface area contributed by atoms with E-state index < -0.39 is 0 Å². The molecule has 0 saturated carbocycles. The molecule has 0 aliphatic carbocycles. The van der Waals surface area contributed by atoms with Gasteiger partial charge < -0.3 is 5.32 Å². The summed E-state index contributed by atoms with van der Waals surface area (Å²) in [6.45, 7) is 2.91. The molecule has 2 aromatic rings. The third-order valence-corrected chi connectivity index (χ3v) is 4.19. The number of aromatic nitrogens is 2. The van der Waals surface area contributed by atoms with Crippen LogP contribution in [0.3, 0.4) is 0 Å². The van der Waals surface area contributed by atoms with Crippen LogP contribution < -0.4 is 5.32 Å². The summed E-state index contributed by atoms with van der Waals surface area (Å²) >= 11 is 6.67. The number of nitrogens with one attached hydrogen (secondary N) is 1. The van der Waals surface area contributed by atoms with Gasteiger partial charge in [-0.05, 0) is 31.4 Å². The third kappa shape index (κ3) is 4.40. The van der Waals surface area contributed by atoms with Crippen molar-refractivity contribution in [1.82, 2.24) is 9.97 Å². The molecule has 0 aliphatic rings. The lowest BCUT2D eigenvalue weighted by molar-refractivity contribution is 0.891. The summed E-state index contributed by atoms with van der Waals surface area (Å²) in [5.41, 5.74) is 0. The molecule has 1 aromatic carbocycles. The Morgan fingerprint density at radius 2 is 2.11 bits per heavy atom. The Morgan fingerprint density at radius 3 is 2.79 bits per heavy atom. The maximum atomic E-state index is 4.52. The van der Waals surface area contributed by atoms with Crippen molar-refractivity contribution in [3.8, 4) is 0 Å². The Morgan fingerprint density at radius 1 is 1.26 bits per heavy atom. The fourth-order valence-corrected chi connectivity index (χ4v) is 3.33. The Balaban J connectivity index is 2.26. The highest BCUT2D eigenvalue weighted by Gasteiger charge is 2.05. The molecule has 0 saturated heterocycles. The molecule has 0 spiro atoms. The first-order valence-electron chi connectivity index (χ1n) is 5.81. The van der Waals surface area contributed by atoms with Crippen molar-refractivity contribution in [2.24, 2.45) is 0 Å².